The van der Waals surface area contributed by atoms with Crippen LogP contribution in [0, 0.1) is 0 Å². The minimum atomic E-state index is -0.362. The highest BCUT2D eigenvalue weighted by Crippen LogP contribution is 2.28. The Morgan fingerprint density at radius 2 is 1.77 bits per heavy atom. The molecule has 3 aromatic heterocycles. The number of anilines is 1. The summed E-state index contributed by atoms with van der Waals surface area (Å²) in [5.74, 6) is 0.873. The van der Waals surface area contributed by atoms with Crippen LogP contribution in [0.25, 0.3) is 33.9 Å². The first-order valence-corrected chi connectivity index (χ1v) is 10.4. The molecule has 3 heterocycles. The molecule has 0 unspecified atom stereocenters. The number of aromatic nitrogens is 2. The second-order valence-electron chi connectivity index (χ2n) is 6.72. The van der Waals surface area contributed by atoms with Crippen molar-refractivity contribution in [2.24, 2.45) is 0 Å². The Morgan fingerprint density at radius 1 is 0.935 bits per heavy atom. The fourth-order valence-electron chi connectivity index (χ4n) is 3.08. The van der Waals surface area contributed by atoms with Crippen molar-refractivity contribution in [1.29, 1.82) is 0 Å². The Bertz CT molecular complexity index is 1410. The van der Waals surface area contributed by atoms with Gasteiger partial charge >= 0.3 is 0 Å². The topological polar surface area (TPSA) is 81.2 Å². The SMILES string of the molecule is O=C(Nc1ccc2oc(-c3cncc(Br)c3)nc2c1)c1ccc(-c2ccc(Cl)cc2)o1. The van der Waals surface area contributed by atoms with E-state index < -0.39 is 0 Å². The van der Waals surface area contributed by atoms with Crippen molar-refractivity contribution >= 4 is 50.2 Å². The third kappa shape index (κ3) is 4.10. The van der Waals surface area contributed by atoms with Gasteiger partial charge in [-0.15, -0.1) is 0 Å². The lowest BCUT2D eigenvalue weighted by molar-refractivity contribution is 0.0997. The Hall–Kier alpha value is -3.42. The number of carbonyl (C=O) groups is 1. The van der Waals surface area contributed by atoms with E-state index in [0.717, 1.165) is 15.6 Å². The summed E-state index contributed by atoms with van der Waals surface area (Å²) in [6.45, 7) is 0. The van der Waals surface area contributed by atoms with Crippen LogP contribution in [0.4, 0.5) is 5.69 Å². The summed E-state index contributed by atoms with van der Waals surface area (Å²) in [6.07, 6.45) is 3.36. The second-order valence-corrected chi connectivity index (χ2v) is 8.07. The number of furan rings is 1. The minimum absolute atomic E-state index is 0.200. The average molecular weight is 495 g/mol. The van der Waals surface area contributed by atoms with E-state index in [0.29, 0.717) is 33.5 Å². The minimum Gasteiger partial charge on any atom is -0.451 e. The van der Waals surface area contributed by atoms with Crippen LogP contribution in [-0.2, 0) is 0 Å². The highest BCUT2D eigenvalue weighted by molar-refractivity contribution is 9.10. The summed E-state index contributed by atoms with van der Waals surface area (Å²) in [5, 5.41) is 3.46. The number of halogens is 2. The molecule has 0 bridgehead atoms. The van der Waals surface area contributed by atoms with Crippen LogP contribution < -0.4 is 5.32 Å². The molecule has 5 aromatic rings. The molecule has 0 saturated heterocycles. The summed E-state index contributed by atoms with van der Waals surface area (Å²) >= 11 is 9.31. The van der Waals surface area contributed by atoms with Gasteiger partial charge in [-0.1, -0.05) is 11.6 Å². The van der Waals surface area contributed by atoms with Crippen LogP contribution >= 0.6 is 27.5 Å². The zero-order chi connectivity index (χ0) is 21.4. The molecule has 0 aliphatic heterocycles. The van der Waals surface area contributed by atoms with Crippen LogP contribution in [0.1, 0.15) is 10.6 Å². The largest absolute Gasteiger partial charge is 0.451 e. The molecule has 0 spiro atoms. The van der Waals surface area contributed by atoms with Gasteiger partial charge < -0.3 is 14.2 Å². The maximum atomic E-state index is 12.6. The maximum Gasteiger partial charge on any atom is 0.291 e. The molecule has 0 atom stereocenters. The van der Waals surface area contributed by atoms with Crippen LogP contribution in [0.15, 0.2) is 86.4 Å². The molecule has 31 heavy (non-hydrogen) atoms. The van der Waals surface area contributed by atoms with Crippen molar-refractivity contribution in [1.82, 2.24) is 9.97 Å². The van der Waals surface area contributed by atoms with E-state index in [9.17, 15) is 4.79 Å². The van der Waals surface area contributed by atoms with Gasteiger partial charge in [0.05, 0.1) is 5.56 Å². The molecule has 1 N–H and O–H groups in total. The summed E-state index contributed by atoms with van der Waals surface area (Å²) in [5.41, 5.74) is 3.39. The lowest BCUT2D eigenvalue weighted by Crippen LogP contribution is -2.10. The normalized spacial score (nSPS) is 11.0. The Morgan fingerprint density at radius 3 is 2.58 bits per heavy atom. The van der Waals surface area contributed by atoms with Gasteiger partial charge in [-0.05, 0) is 76.6 Å². The average Bonchev–Trinajstić information content (AvgIpc) is 3.41. The van der Waals surface area contributed by atoms with Crippen LogP contribution in [0.5, 0.6) is 0 Å². The Labute approximate surface area is 190 Å². The number of pyridine rings is 1. The summed E-state index contributed by atoms with van der Waals surface area (Å²) < 4.78 is 12.3. The number of benzene rings is 2. The summed E-state index contributed by atoms with van der Waals surface area (Å²) in [6, 6.07) is 17.7. The van der Waals surface area contributed by atoms with E-state index in [1.54, 1.807) is 54.9 Å². The molecular formula is C23H13BrClN3O3. The molecule has 0 radical (unpaired) electrons. The van der Waals surface area contributed by atoms with Gasteiger partial charge in [-0.25, -0.2) is 4.98 Å². The van der Waals surface area contributed by atoms with E-state index in [4.69, 9.17) is 20.4 Å². The van der Waals surface area contributed by atoms with Crippen LogP contribution in [0.3, 0.4) is 0 Å². The van der Waals surface area contributed by atoms with Crippen LogP contribution in [0.2, 0.25) is 5.02 Å². The van der Waals surface area contributed by atoms with Crippen molar-refractivity contribution in [2.45, 2.75) is 0 Å². The molecule has 0 aliphatic carbocycles. The number of rotatable bonds is 4. The fourth-order valence-corrected chi connectivity index (χ4v) is 3.57. The second kappa shape index (κ2) is 8.02. The highest BCUT2D eigenvalue weighted by Gasteiger charge is 2.14. The lowest BCUT2D eigenvalue weighted by Gasteiger charge is -2.02. The van der Waals surface area contributed by atoms with E-state index >= 15 is 0 Å². The number of oxazole rings is 1. The summed E-state index contributed by atoms with van der Waals surface area (Å²) in [7, 11) is 0. The monoisotopic (exact) mass is 493 g/mol. The summed E-state index contributed by atoms with van der Waals surface area (Å²) in [4.78, 5) is 21.3. The lowest BCUT2D eigenvalue weighted by atomic mass is 10.2. The molecule has 0 aliphatic rings. The Kier molecular flexibility index (Phi) is 5.05. The van der Waals surface area contributed by atoms with Gasteiger partial charge in [0.25, 0.3) is 5.91 Å². The molecule has 1 amide bonds. The van der Waals surface area contributed by atoms with Crippen LogP contribution in [-0.4, -0.2) is 15.9 Å². The molecule has 5 rings (SSSR count). The van der Waals surface area contributed by atoms with Crippen molar-refractivity contribution < 1.29 is 13.6 Å². The maximum absolute atomic E-state index is 12.6. The number of amides is 1. The Balaban J connectivity index is 1.36. The number of carbonyl (C=O) groups excluding carboxylic acids is 1. The first kappa shape index (κ1) is 19.5. The first-order valence-electron chi connectivity index (χ1n) is 9.24. The van der Waals surface area contributed by atoms with Gasteiger partial charge in [0.2, 0.25) is 5.89 Å². The van der Waals surface area contributed by atoms with E-state index in [1.165, 1.54) is 0 Å². The molecule has 0 fully saturated rings. The quantitative estimate of drug-likeness (QED) is 0.296. The predicted octanol–water partition coefficient (Wildman–Crippen LogP) is 6.82. The van der Waals surface area contributed by atoms with Gasteiger partial charge in [0, 0.05) is 33.1 Å². The van der Waals surface area contributed by atoms with Gasteiger partial charge in [-0.3, -0.25) is 9.78 Å². The molecule has 0 saturated carbocycles. The highest BCUT2D eigenvalue weighted by atomic mass is 79.9. The van der Waals surface area contributed by atoms with Gasteiger partial charge in [0.15, 0.2) is 11.3 Å². The van der Waals surface area contributed by atoms with E-state index in [1.807, 2.05) is 18.2 Å². The smallest absolute Gasteiger partial charge is 0.291 e. The third-order valence-electron chi connectivity index (χ3n) is 4.56. The number of fused-ring (bicyclic) bond motifs is 1. The predicted molar refractivity (Wildman–Crippen MR) is 122 cm³/mol. The van der Waals surface area contributed by atoms with Crippen molar-refractivity contribution in [3.63, 3.8) is 0 Å². The zero-order valence-electron chi connectivity index (χ0n) is 15.8. The van der Waals surface area contributed by atoms with Gasteiger partial charge in [-0.2, -0.15) is 0 Å². The number of nitrogens with one attached hydrogen (secondary N) is 1. The molecular weight excluding hydrogens is 482 g/mol. The van der Waals surface area contributed by atoms with Crippen molar-refractivity contribution in [2.75, 3.05) is 5.32 Å². The van der Waals surface area contributed by atoms with Gasteiger partial charge in [0.1, 0.15) is 11.3 Å². The van der Waals surface area contributed by atoms with E-state index in [2.05, 4.69) is 31.2 Å². The molecule has 6 nitrogen and oxygen atoms in total. The number of hydrogen-bond acceptors (Lipinski definition) is 5. The van der Waals surface area contributed by atoms with E-state index in [-0.39, 0.29) is 11.7 Å². The molecule has 8 heteroatoms. The van der Waals surface area contributed by atoms with Crippen molar-refractivity contribution in [3.05, 3.63) is 88.3 Å². The zero-order valence-corrected chi connectivity index (χ0v) is 18.1. The number of hydrogen-bond donors (Lipinski definition) is 1. The fraction of sp³-hybridized carbons (Fsp3) is 0. The standard InChI is InChI=1S/C23H13BrClN3O3/c24-15-9-14(11-26-12-15)23-28-18-10-17(5-6-20(18)31-23)27-22(29)21-8-7-19(30-21)13-1-3-16(25)4-2-13/h1-12H,(H,27,29). The van der Waals surface area contributed by atoms with Crippen molar-refractivity contribution in [3.8, 4) is 22.8 Å². The molecule has 152 valence electrons. The first-order chi connectivity index (χ1) is 15.0. The molecule has 2 aromatic carbocycles. The third-order valence-corrected chi connectivity index (χ3v) is 5.24. The number of nitrogens with zero attached hydrogens (tertiary/aromatic N) is 2.